The molecule has 48 heavy (non-hydrogen) atoms. The molecule has 2 aromatic carbocycles. The lowest BCUT2D eigenvalue weighted by atomic mass is 9.90. The third-order valence-electron chi connectivity index (χ3n) is 9.02. The van der Waals surface area contributed by atoms with Crippen molar-refractivity contribution >= 4 is 22.8 Å². The normalized spacial score (nSPS) is 19.3. The number of hydrogen-bond donors (Lipinski definition) is 2. The van der Waals surface area contributed by atoms with Gasteiger partial charge in [-0.2, -0.15) is 10.1 Å². The number of pyridine rings is 1. The molecule has 4 aromatic rings. The first-order valence-electron chi connectivity index (χ1n) is 15.9. The Balaban J connectivity index is 1.15. The van der Waals surface area contributed by atoms with Gasteiger partial charge in [-0.25, -0.2) is 18.7 Å². The maximum atomic E-state index is 14.4. The van der Waals surface area contributed by atoms with Gasteiger partial charge in [0.15, 0.2) is 17.5 Å². The Morgan fingerprint density at radius 3 is 2.60 bits per heavy atom. The van der Waals surface area contributed by atoms with Gasteiger partial charge in [-0.3, -0.25) is 14.2 Å². The number of aryl methyl sites for hydroxylation is 1. The van der Waals surface area contributed by atoms with Crippen LogP contribution in [0.4, 0.5) is 8.87 Å². The fraction of sp³-hybridized carbons (Fsp3) is 0.286. The Hall–Kier alpha value is -5.27. The molecule has 0 atom stereocenters. The van der Waals surface area contributed by atoms with Crippen LogP contribution in [0.1, 0.15) is 43.7 Å². The number of aliphatic hydroxyl groups excluding tert-OH is 1. The molecule has 1 radical (unpaired) electrons. The predicted molar refractivity (Wildman–Crippen MR) is 176 cm³/mol. The molecule has 0 unspecified atom stereocenters. The molecule has 2 aliphatic heterocycles. The maximum Gasteiger partial charge on any atom is 0.337 e. The number of amides is 1. The van der Waals surface area contributed by atoms with Gasteiger partial charge < -0.3 is 10.4 Å². The molecule has 3 aliphatic rings. The number of nitrogens with zero attached hydrogens (tertiary/aromatic N) is 6. The number of aromatic nitrogens is 3. The molecule has 0 bridgehead atoms. The van der Waals surface area contributed by atoms with Crippen LogP contribution in [0.2, 0.25) is 0 Å². The van der Waals surface area contributed by atoms with E-state index in [1.807, 2.05) is 42.5 Å². The first kappa shape index (κ1) is 31.3. The molecule has 1 saturated carbocycles. The lowest BCUT2D eigenvalue weighted by Gasteiger charge is -2.30. The summed E-state index contributed by atoms with van der Waals surface area (Å²) in [5, 5.41) is 12.6. The number of amidine groups is 1. The van der Waals surface area contributed by atoms with Gasteiger partial charge in [-0.15, -0.1) is 0 Å². The summed E-state index contributed by atoms with van der Waals surface area (Å²) in [6.45, 7) is 0.0667. The minimum absolute atomic E-state index is 0.00620. The summed E-state index contributed by atoms with van der Waals surface area (Å²) in [6, 6.07) is 15.7. The van der Waals surface area contributed by atoms with E-state index in [2.05, 4.69) is 15.3 Å². The van der Waals surface area contributed by atoms with E-state index >= 15 is 0 Å². The highest BCUT2D eigenvalue weighted by atomic mass is 19.2. The van der Waals surface area contributed by atoms with Crippen molar-refractivity contribution in [3.63, 3.8) is 0 Å². The second-order valence-electron chi connectivity index (χ2n) is 12.2. The van der Waals surface area contributed by atoms with Crippen molar-refractivity contribution in [2.75, 3.05) is 13.3 Å². The van der Waals surface area contributed by atoms with Crippen LogP contribution in [0.3, 0.4) is 0 Å². The van der Waals surface area contributed by atoms with E-state index in [-0.39, 0.29) is 42.0 Å². The van der Waals surface area contributed by atoms with Crippen molar-refractivity contribution in [1.82, 2.24) is 29.5 Å². The molecule has 7 rings (SSSR count). The smallest absolute Gasteiger partial charge is 0.337 e. The number of rotatable bonds is 8. The molecule has 4 heterocycles. The molecule has 2 aromatic heterocycles. The number of aliphatic hydroxyl groups is 1. The van der Waals surface area contributed by atoms with Crippen LogP contribution < -0.4 is 21.5 Å². The third-order valence-corrected chi connectivity index (χ3v) is 9.02. The Labute approximate surface area is 273 Å². The highest BCUT2D eigenvalue weighted by molar-refractivity contribution is 6.05. The second-order valence-corrected chi connectivity index (χ2v) is 12.2. The zero-order chi connectivity index (χ0) is 33.4. The van der Waals surface area contributed by atoms with E-state index in [1.54, 1.807) is 6.07 Å². The minimum atomic E-state index is -0.687. The largest absolute Gasteiger partial charge is 0.396 e. The average Bonchev–Trinajstić information content (AvgIpc) is 3.52. The summed E-state index contributed by atoms with van der Waals surface area (Å²) in [5.74, 6) is -0.590. The standard InChI is InChI=1S/C35H33F2N7O4/c36-25-18-29-32(38-19-25)43(28-5-1-4-24(17-28)23-8-6-22(7-9-23)3-2-16-45)35(48)44(34(29)47)27-12-10-26(11-13-27)39-33(46)30-20-41-21-42(37)15-14-31(41)40-30/h1,4-9,14-15,17-20,26-27,45H,2-3,10-13,16,21H2,(H,39,46)/q+1. The van der Waals surface area contributed by atoms with Gasteiger partial charge in [0.1, 0.15) is 5.82 Å². The van der Waals surface area contributed by atoms with Crippen molar-refractivity contribution in [1.29, 1.82) is 0 Å². The predicted octanol–water partition coefficient (Wildman–Crippen LogP) is 3.94. The molecule has 0 spiro atoms. The SMILES string of the molecule is O=C(NC1CCC(n2c(=O)c3cc(F)cnc3n(-c3cccc(-c4ccc(CCCO)cc4)c3)c2=O)CC1)C1=C[N+]2CN(F)C=CC2=N1. The number of fused-ring (bicyclic) bond motifs is 2. The van der Waals surface area contributed by atoms with Crippen molar-refractivity contribution in [2.45, 2.75) is 50.6 Å². The van der Waals surface area contributed by atoms with Gasteiger partial charge in [0.2, 0.25) is 6.67 Å². The van der Waals surface area contributed by atoms with Gasteiger partial charge in [0.25, 0.3) is 17.3 Å². The molecule has 11 nitrogen and oxygen atoms in total. The van der Waals surface area contributed by atoms with Crippen LogP contribution >= 0.6 is 0 Å². The van der Waals surface area contributed by atoms with Crippen LogP contribution in [-0.4, -0.2) is 55.4 Å². The molecule has 1 amide bonds. The van der Waals surface area contributed by atoms with E-state index < -0.39 is 23.1 Å². The summed E-state index contributed by atoms with van der Waals surface area (Å²) < 4.78 is 30.6. The van der Waals surface area contributed by atoms with Crippen LogP contribution in [0.5, 0.6) is 0 Å². The Kier molecular flexibility index (Phi) is 8.54. The molecule has 245 valence electrons. The fourth-order valence-electron chi connectivity index (χ4n) is 6.57. The Morgan fingerprint density at radius 2 is 1.83 bits per heavy atom. The first-order chi connectivity index (χ1) is 23.3. The fourth-order valence-corrected chi connectivity index (χ4v) is 6.57. The maximum absolute atomic E-state index is 14.4. The number of nitrogens with one attached hydrogen (secondary N) is 1. The van der Waals surface area contributed by atoms with Crippen LogP contribution in [-0.2, 0) is 11.2 Å². The molecule has 13 heteroatoms. The van der Waals surface area contributed by atoms with Crippen molar-refractivity contribution in [2.24, 2.45) is 4.99 Å². The number of halogens is 2. The quantitative estimate of drug-likeness (QED) is 0.219. The molecule has 1 aliphatic carbocycles. The Morgan fingerprint density at radius 1 is 1.04 bits per heavy atom. The lowest BCUT2D eigenvalue weighted by Crippen LogP contribution is -2.45. The summed E-state index contributed by atoms with van der Waals surface area (Å²) in [7, 11) is 0. The minimum Gasteiger partial charge on any atom is -0.396 e. The topological polar surface area (TPSA) is 128 Å². The molecule has 2 N–H and O–H groups in total. The van der Waals surface area contributed by atoms with Crippen LogP contribution in [0.25, 0.3) is 27.8 Å². The molecular formula is C35H33F2N7O4+. The number of aliphatic imine (C=N–C) groups is 1. The molecule has 0 saturated heterocycles. The van der Waals surface area contributed by atoms with Crippen molar-refractivity contribution in [3.8, 4) is 16.8 Å². The van der Waals surface area contributed by atoms with Gasteiger partial charge in [0, 0.05) is 31.0 Å². The second kappa shape index (κ2) is 13.1. The number of hydrogen-bond acceptors (Lipinski definition) is 8. The Bertz CT molecular complexity index is 2100. The van der Waals surface area contributed by atoms with Crippen molar-refractivity contribution in [3.05, 3.63) is 117 Å². The van der Waals surface area contributed by atoms with E-state index in [9.17, 15) is 23.3 Å². The van der Waals surface area contributed by atoms with Gasteiger partial charge in [-0.05, 0) is 73.4 Å². The zero-order valence-electron chi connectivity index (χ0n) is 25.9. The van der Waals surface area contributed by atoms with E-state index in [1.165, 1.54) is 32.5 Å². The van der Waals surface area contributed by atoms with Crippen molar-refractivity contribution < 1.29 is 18.8 Å². The highest BCUT2D eigenvalue weighted by Gasteiger charge is 2.36. The highest BCUT2D eigenvalue weighted by Crippen LogP contribution is 2.29. The lowest BCUT2D eigenvalue weighted by molar-refractivity contribution is -0.118. The number of carbonyl (C=O) groups excluding carboxylic acids is 1. The molecular weight excluding hydrogens is 620 g/mol. The van der Waals surface area contributed by atoms with Crippen LogP contribution in [0, 0.1) is 5.82 Å². The number of benzene rings is 2. The van der Waals surface area contributed by atoms with Gasteiger partial charge >= 0.3 is 5.69 Å². The monoisotopic (exact) mass is 653 g/mol. The zero-order valence-corrected chi connectivity index (χ0v) is 25.9. The molecule has 1 fully saturated rings. The van der Waals surface area contributed by atoms with E-state index in [4.69, 9.17) is 5.11 Å². The third kappa shape index (κ3) is 6.09. The van der Waals surface area contributed by atoms with Gasteiger partial charge in [-0.1, -0.05) is 45.8 Å². The van der Waals surface area contributed by atoms with Gasteiger partial charge in [0.05, 0.1) is 17.3 Å². The number of carbonyl (C=O) groups is 1. The summed E-state index contributed by atoms with van der Waals surface area (Å²) in [6.07, 6.45) is 8.51. The summed E-state index contributed by atoms with van der Waals surface area (Å²) >= 11 is 0. The van der Waals surface area contributed by atoms with Crippen LogP contribution in [0.15, 0.2) is 99.5 Å². The summed E-state index contributed by atoms with van der Waals surface area (Å²) in [5.41, 5.74) is 2.40. The van der Waals surface area contributed by atoms with E-state index in [0.717, 1.165) is 35.4 Å². The average molecular weight is 654 g/mol. The summed E-state index contributed by atoms with van der Waals surface area (Å²) in [4.78, 5) is 50.9. The first-order valence-corrected chi connectivity index (χ1v) is 15.9. The van der Waals surface area contributed by atoms with E-state index in [0.29, 0.717) is 48.7 Å².